The summed E-state index contributed by atoms with van der Waals surface area (Å²) in [5, 5.41) is 13.1. The van der Waals surface area contributed by atoms with Crippen molar-refractivity contribution in [3.63, 3.8) is 0 Å². The number of nitrogens with two attached hydrogens (primary N) is 1. The van der Waals surface area contributed by atoms with Crippen molar-refractivity contribution >= 4 is 23.2 Å². The number of hydrogen-bond acceptors (Lipinski definition) is 6. The Bertz CT molecular complexity index is 935. The molecule has 168 valence electrons. The lowest BCUT2D eigenvalue weighted by Gasteiger charge is -2.32. The zero-order valence-corrected chi connectivity index (χ0v) is 19.6. The van der Waals surface area contributed by atoms with E-state index >= 15 is 0 Å². The highest BCUT2D eigenvalue weighted by molar-refractivity contribution is 7.13. The third-order valence-corrected chi connectivity index (χ3v) is 6.82. The molecular weight excluding hydrogens is 412 g/mol. The number of likely N-dealkylation sites (tertiary alicyclic amines) is 1. The van der Waals surface area contributed by atoms with E-state index in [9.17, 15) is 14.7 Å². The number of carbonyl (C=O) groups excluding carboxylic acids is 2. The van der Waals surface area contributed by atoms with Crippen LogP contribution in [0.5, 0.6) is 0 Å². The van der Waals surface area contributed by atoms with Crippen LogP contribution < -0.4 is 11.1 Å². The van der Waals surface area contributed by atoms with E-state index in [1.54, 1.807) is 11.3 Å². The molecule has 1 fully saturated rings. The van der Waals surface area contributed by atoms with Gasteiger partial charge >= 0.3 is 0 Å². The topological polar surface area (TPSA) is 109 Å². The predicted molar refractivity (Wildman–Crippen MR) is 122 cm³/mol. The number of carbonyl (C=O) groups is 2. The Hall–Kier alpha value is -2.29. The van der Waals surface area contributed by atoms with Crippen molar-refractivity contribution in [1.82, 2.24) is 15.2 Å². The molecule has 2 amide bonds. The van der Waals surface area contributed by atoms with Gasteiger partial charge in [0, 0.05) is 13.0 Å². The van der Waals surface area contributed by atoms with Gasteiger partial charge in [0.05, 0.1) is 34.3 Å². The number of aliphatic hydroxyl groups is 1. The summed E-state index contributed by atoms with van der Waals surface area (Å²) >= 11 is 1.60. The Morgan fingerprint density at radius 3 is 2.48 bits per heavy atom. The molecule has 1 aromatic heterocycles. The number of rotatable bonds is 5. The highest BCUT2D eigenvalue weighted by Gasteiger charge is 2.42. The molecule has 1 aromatic carbocycles. The SMILES string of the molecule is Cc1ncsc1-c1ccc(C(C)NC(=O)[C@@H]2C[C@@H](O)CN2C(=O)[C@@H](N)C(C)(C)C)cc1. The minimum absolute atomic E-state index is 0.123. The first-order valence-electron chi connectivity index (χ1n) is 10.5. The third kappa shape index (κ3) is 5.14. The van der Waals surface area contributed by atoms with Crippen LogP contribution in [0.2, 0.25) is 0 Å². The molecule has 8 heteroatoms. The lowest BCUT2D eigenvalue weighted by molar-refractivity contribution is -0.141. The summed E-state index contributed by atoms with van der Waals surface area (Å²) in [7, 11) is 0. The first-order valence-corrected chi connectivity index (χ1v) is 11.4. The van der Waals surface area contributed by atoms with Gasteiger partial charge in [-0.05, 0) is 30.4 Å². The number of β-amino-alcohol motifs (C(OH)–C–C–N with tert-alkyl or cyclic N) is 1. The highest BCUT2D eigenvalue weighted by Crippen LogP contribution is 2.29. The molecule has 0 aliphatic carbocycles. The van der Waals surface area contributed by atoms with Gasteiger partial charge in [-0.2, -0.15) is 0 Å². The van der Waals surface area contributed by atoms with Crippen LogP contribution in [-0.2, 0) is 9.59 Å². The van der Waals surface area contributed by atoms with Gasteiger partial charge in [-0.25, -0.2) is 4.98 Å². The Kier molecular flexibility index (Phi) is 6.83. The van der Waals surface area contributed by atoms with Crippen LogP contribution in [0.4, 0.5) is 0 Å². The molecule has 2 aromatic rings. The number of benzene rings is 1. The first-order chi connectivity index (χ1) is 14.5. The van der Waals surface area contributed by atoms with E-state index in [1.807, 2.05) is 64.4 Å². The Morgan fingerprint density at radius 2 is 1.94 bits per heavy atom. The molecule has 0 saturated carbocycles. The van der Waals surface area contributed by atoms with Crippen LogP contribution in [0.1, 0.15) is 51.4 Å². The maximum atomic E-state index is 13.0. The van der Waals surface area contributed by atoms with E-state index in [0.717, 1.165) is 21.7 Å². The van der Waals surface area contributed by atoms with Gasteiger partial charge in [-0.15, -0.1) is 11.3 Å². The van der Waals surface area contributed by atoms with Crippen LogP contribution in [0, 0.1) is 12.3 Å². The van der Waals surface area contributed by atoms with E-state index in [1.165, 1.54) is 4.90 Å². The second-order valence-electron chi connectivity index (χ2n) is 9.36. The molecular formula is C23H32N4O3S. The van der Waals surface area contributed by atoms with Crippen molar-refractivity contribution in [2.24, 2.45) is 11.1 Å². The quantitative estimate of drug-likeness (QED) is 0.657. The summed E-state index contributed by atoms with van der Waals surface area (Å²) in [5.41, 5.74) is 10.6. The van der Waals surface area contributed by atoms with Gasteiger partial charge in [0.1, 0.15) is 6.04 Å². The molecule has 4 atom stereocenters. The van der Waals surface area contributed by atoms with Crippen molar-refractivity contribution in [3.05, 3.63) is 41.0 Å². The molecule has 1 aliphatic heterocycles. The van der Waals surface area contributed by atoms with Gasteiger partial charge in [0.2, 0.25) is 11.8 Å². The average molecular weight is 445 g/mol. The zero-order valence-electron chi connectivity index (χ0n) is 18.8. The van der Waals surface area contributed by atoms with E-state index in [0.29, 0.717) is 0 Å². The zero-order chi connectivity index (χ0) is 22.9. The monoisotopic (exact) mass is 444 g/mol. The number of thiazole rings is 1. The summed E-state index contributed by atoms with van der Waals surface area (Å²) in [5.74, 6) is -0.581. The van der Waals surface area contributed by atoms with Crippen molar-refractivity contribution in [2.75, 3.05) is 6.54 Å². The Balaban J connectivity index is 1.69. The molecule has 31 heavy (non-hydrogen) atoms. The molecule has 1 aliphatic rings. The second kappa shape index (κ2) is 9.06. The molecule has 4 N–H and O–H groups in total. The van der Waals surface area contributed by atoms with E-state index < -0.39 is 23.6 Å². The van der Waals surface area contributed by atoms with Crippen LogP contribution >= 0.6 is 11.3 Å². The fraction of sp³-hybridized carbons (Fsp3) is 0.522. The number of aryl methyl sites for hydroxylation is 1. The summed E-state index contributed by atoms with van der Waals surface area (Å²) in [6.07, 6.45) is -0.519. The number of nitrogens with one attached hydrogen (secondary N) is 1. The predicted octanol–water partition coefficient (Wildman–Crippen LogP) is 2.63. The number of aromatic nitrogens is 1. The van der Waals surface area contributed by atoms with Crippen molar-refractivity contribution in [3.8, 4) is 10.4 Å². The van der Waals surface area contributed by atoms with Gasteiger partial charge in [0.15, 0.2) is 0 Å². The van der Waals surface area contributed by atoms with E-state index in [-0.39, 0.29) is 30.8 Å². The van der Waals surface area contributed by atoms with E-state index in [4.69, 9.17) is 5.73 Å². The molecule has 0 radical (unpaired) electrons. The smallest absolute Gasteiger partial charge is 0.243 e. The minimum Gasteiger partial charge on any atom is -0.391 e. The largest absolute Gasteiger partial charge is 0.391 e. The molecule has 3 rings (SSSR count). The average Bonchev–Trinajstić information content (AvgIpc) is 3.31. The summed E-state index contributed by atoms with van der Waals surface area (Å²) in [6, 6.07) is 6.32. The van der Waals surface area contributed by atoms with Crippen molar-refractivity contribution < 1.29 is 14.7 Å². The summed E-state index contributed by atoms with van der Waals surface area (Å²) in [6.45, 7) is 9.67. The number of amides is 2. The molecule has 7 nitrogen and oxygen atoms in total. The number of hydrogen-bond donors (Lipinski definition) is 3. The van der Waals surface area contributed by atoms with Crippen molar-refractivity contribution in [1.29, 1.82) is 0 Å². The molecule has 0 spiro atoms. The first kappa shape index (κ1) is 23.4. The molecule has 2 heterocycles. The van der Waals surface area contributed by atoms with Gasteiger partial charge in [-0.3, -0.25) is 9.59 Å². The summed E-state index contributed by atoms with van der Waals surface area (Å²) in [4.78, 5) is 32.7. The fourth-order valence-electron chi connectivity index (χ4n) is 3.75. The lowest BCUT2D eigenvalue weighted by atomic mass is 9.86. The third-order valence-electron chi connectivity index (χ3n) is 5.84. The summed E-state index contributed by atoms with van der Waals surface area (Å²) < 4.78 is 0. The van der Waals surface area contributed by atoms with Crippen LogP contribution in [0.25, 0.3) is 10.4 Å². The molecule has 0 bridgehead atoms. The second-order valence-corrected chi connectivity index (χ2v) is 10.2. The lowest BCUT2D eigenvalue weighted by Crippen LogP contribution is -2.55. The number of aliphatic hydroxyl groups excluding tert-OH is 1. The van der Waals surface area contributed by atoms with Gasteiger partial charge in [0.25, 0.3) is 0 Å². The normalized spacial score (nSPS) is 21.1. The molecule has 1 saturated heterocycles. The maximum absolute atomic E-state index is 13.0. The minimum atomic E-state index is -0.742. The number of nitrogens with zero attached hydrogens (tertiary/aromatic N) is 2. The van der Waals surface area contributed by atoms with Crippen LogP contribution in [-0.4, -0.2) is 51.5 Å². The highest BCUT2D eigenvalue weighted by atomic mass is 32.1. The Labute approximate surface area is 187 Å². The van der Waals surface area contributed by atoms with Crippen molar-refractivity contribution in [2.45, 2.75) is 65.3 Å². The van der Waals surface area contributed by atoms with Crippen LogP contribution in [0.3, 0.4) is 0 Å². The van der Waals surface area contributed by atoms with Gasteiger partial charge in [-0.1, -0.05) is 45.0 Å². The standard InChI is InChI=1S/C23H32N4O3S/c1-13(15-6-8-16(9-7-15)19-14(2)25-12-31-19)26-21(29)18-10-17(28)11-27(18)22(30)20(24)23(3,4)5/h6-9,12-13,17-18,20,28H,10-11,24H2,1-5H3,(H,26,29)/t13?,17-,18+,20-/m1/s1. The van der Waals surface area contributed by atoms with E-state index in [2.05, 4.69) is 10.3 Å². The van der Waals surface area contributed by atoms with Crippen LogP contribution in [0.15, 0.2) is 29.8 Å². The Morgan fingerprint density at radius 1 is 1.29 bits per heavy atom. The van der Waals surface area contributed by atoms with Gasteiger partial charge < -0.3 is 21.1 Å². The fourth-order valence-corrected chi connectivity index (χ4v) is 4.56. The maximum Gasteiger partial charge on any atom is 0.243 e. The molecule has 1 unspecified atom stereocenters.